The van der Waals surface area contributed by atoms with E-state index in [0.29, 0.717) is 23.4 Å². The molecule has 1 heterocycles. The minimum atomic E-state index is -0.430. The van der Waals surface area contributed by atoms with E-state index >= 15 is 0 Å². The first-order chi connectivity index (χ1) is 11.4. The van der Waals surface area contributed by atoms with Crippen LogP contribution in [0.1, 0.15) is 29.5 Å². The van der Waals surface area contributed by atoms with Crippen molar-refractivity contribution in [1.29, 1.82) is 0 Å². The molecule has 8 heteroatoms. The Hall–Kier alpha value is -2.35. The van der Waals surface area contributed by atoms with Crippen molar-refractivity contribution in [2.75, 3.05) is 11.1 Å². The lowest BCUT2D eigenvalue weighted by atomic mass is 10.1. The summed E-state index contributed by atoms with van der Waals surface area (Å²) in [5, 5.41) is 17.6. The number of hydrogen-bond acceptors (Lipinski definition) is 6. The number of aryl methyl sites for hydroxylation is 3. The molecule has 0 saturated heterocycles. The fourth-order valence-corrected chi connectivity index (χ4v) is 3.24. The summed E-state index contributed by atoms with van der Waals surface area (Å²) in [6, 6.07) is 4.75. The number of hydrogen-bond donors (Lipinski definition) is 1. The summed E-state index contributed by atoms with van der Waals surface area (Å²) >= 11 is 1.44. The highest BCUT2D eigenvalue weighted by atomic mass is 32.2. The quantitative estimate of drug-likeness (QED) is 0.605. The minimum absolute atomic E-state index is 0.0266. The van der Waals surface area contributed by atoms with Gasteiger partial charge in [-0.15, -0.1) is 11.8 Å². The highest BCUT2D eigenvalue weighted by Crippen LogP contribution is 2.24. The van der Waals surface area contributed by atoms with Gasteiger partial charge >= 0.3 is 0 Å². The molecule has 1 amide bonds. The minimum Gasteiger partial charge on any atom is -0.361 e. The van der Waals surface area contributed by atoms with E-state index < -0.39 is 4.92 Å². The molecule has 0 bridgehead atoms. The van der Waals surface area contributed by atoms with Crippen molar-refractivity contribution in [2.24, 2.45) is 0 Å². The van der Waals surface area contributed by atoms with Crippen LogP contribution in [0.2, 0.25) is 0 Å². The molecular formula is C16H19N3O4S. The van der Waals surface area contributed by atoms with Gasteiger partial charge in [-0.25, -0.2) is 0 Å². The number of benzene rings is 1. The van der Waals surface area contributed by atoms with Crippen LogP contribution < -0.4 is 5.32 Å². The number of nitrogens with one attached hydrogen (secondary N) is 1. The molecule has 1 aromatic heterocycles. The zero-order valence-corrected chi connectivity index (χ0v) is 14.6. The molecule has 0 aliphatic rings. The van der Waals surface area contributed by atoms with Crippen LogP contribution in [0.3, 0.4) is 0 Å². The van der Waals surface area contributed by atoms with Gasteiger partial charge in [0.2, 0.25) is 5.91 Å². The Morgan fingerprint density at radius 3 is 2.75 bits per heavy atom. The van der Waals surface area contributed by atoms with Crippen LogP contribution in [0.15, 0.2) is 22.7 Å². The van der Waals surface area contributed by atoms with Crippen LogP contribution in [0.5, 0.6) is 0 Å². The Balaban J connectivity index is 1.93. The third-order valence-electron chi connectivity index (χ3n) is 3.61. The number of carbonyl (C=O) groups is 1. The summed E-state index contributed by atoms with van der Waals surface area (Å²) in [4.78, 5) is 22.6. The number of nitro groups is 1. The molecule has 2 aromatic rings. The Labute approximate surface area is 143 Å². The molecule has 0 radical (unpaired) electrons. The highest BCUT2D eigenvalue weighted by molar-refractivity contribution is 7.99. The van der Waals surface area contributed by atoms with E-state index in [2.05, 4.69) is 10.5 Å². The van der Waals surface area contributed by atoms with Gasteiger partial charge in [0.15, 0.2) is 0 Å². The lowest BCUT2D eigenvalue weighted by molar-refractivity contribution is -0.385. The van der Waals surface area contributed by atoms with Crippen molar-refractivity contribution in [3.63, 3.8) is 0 Å². The standard InChI is InChI=1S/C16H19N3O4S/c1-4-12-5-6-13(7-15(12)19(21)22)17-16(20)9-24-8-14-10(2)18-23-11(14)3/h5-7H,4,8-9H2,1-3H3,(H,17,20). The number of rotatable bonds is 7. The van der Waals surface area contributed by atoms with Gasteiger partial charge in [0.1, 0.15) is 5.76 Å². The Morgan fingerprint density at radius 1 is 1.42 bits per heavy atom. The van der Waals surface area contributed by atoms with Crippen molar-refractivity contribution in [3.8, 4) is 0 Å². The van der Waals surface area contributed by atoms with Gasteiger partial charge in [-0.1, -0.05) is 18.1 Å². The topological polar surface area (TPSA) is 98.3 Å². The molecule has 24 heavy (non-hydrogen) atoms. The summed E-state index contributed by atoms with van der Waals surface area (Å²) in [6.07, 6.45) is 0.567. The van der Waals surface area contributed by atoms with Gasteiger partial charge in [-0.05, 0) is 26.3 Å². The van der Waals surface area contributed by atoms with Crippen molar-refractivity contribution in [3.05, 3.63) is 50.9 Å². The summed E-state index contributed by atoms with van der Waals surface area (Å²) in [5.41, 5.74) is 2.92. The van der Waals surface area contributed by atoms with E-state index in [4.69, 9.17) is 4.52 Å². The van der Waals surface area contributed by atoms with Gasteiger partial charge in [-0.3, -0.25) is 14.9 Å². The van der Waals surface area contributed by atoms with E-state index in [-0.39, 0.29) is 17.3 Å². The summed E-state index contributed by atoms with van der Waals surface area (Å²) in [7, 11) is 0. The molecule has 0 fully saturated rings. The molecule has 1 aromatic carbocycles. The predicted molar refractivity (Wildman–Crippen MR) is 93.2 cm³/mol. The summed E-state index contributed by atoms with van der Waals surface area (Å²) in [5.74, 6) is 1.42. The number of nitrogens with zero attached hydrogens (tertiary/aromatic N) is 2. The number of anilines is 1. The fraction of sp³-hybridized carbons (Fsp3) is 0.375. The van der Waals surface area contributed by atoms with Gasteiger partial charge in [-0.2, -0.15) is 0 Å². The lowest BCUT2D eigenvalue weighted by Crippen LogP contribution is -2.14. The molecule has 1 N–H and O–H groups in total. The van der Waals surface area contributed by atoms with Crippen molar-refractivity contribution in [2.45, 2.75) is 32.9 Å². The molecule has 0 aliphatic carbocycles. The molecule has 0 saturated carbocycles. The van der Waals surface area contributed by atoms with E-state index in [0.717, 1.165) is 17.0 Å². The average Bonchev–Trinajstić information content (AvgIpc) is 2.86. The average molecular weight is 349 g/mol. The predicted octanol–water partition coefficient (Wildman–Crippen LogP) is 3.63. The first-order valence-electron chi connectivity index (χ1n) is 7.49. The number of carbonyl (C=O) groups excluding carboxylic acids is 1. The van der Waals surface area contributed by atoms with E-state index in [1.165, 1.54) is 17.8 Å². The van der Waals surface area contributed by atoms with Crippen molar-refractivity contribution in [1.82, 2.24) is 5.16 Å². The maximum Gasteiger partial charge on any atom is 0.274 e. The maximum absolute atomic E-state index is 12.0. The second-order valence-corrected chi connectivity index (χ2v) is 6.28. The first kappa shape index (κ1) is 18.0. The van der Waals surface area contributed by atoms with Crippen LogP contribution in [0.25, 0.3) is 0 Å². The fourth-order valence-electron chi connectivity index (χ4n) is 2.26. The number of thioether (sulfide) groups is 1. The monoisotopic (exact) mass is 349 g/mol. The molecule has 128 valence electrons. The number of amides is 1. The summed E-state index contributed by atoms with van der Waals surface area (Å²) in [6.45, 7) is 5.55. The van der Waals surface area contributed by atoms with Crippen LogP contribution >= 0.6 is 11.8 Å². The SMILES string of the molecule is CCc1ccc(NC(=O)CSCc2c(C)noc2C)cc1[N+](=O)[O-]. The second-order valence-electron chi connectivity index (χ2n) is 5.30. The zero-order valence-electron chi connectivity index (χ0n) is 13.8. The second kappa shape index (κ2) is 7.96. The Bertz CT molecular complexity index is 738. The van der Waals surface area contributed by atoms with Gasteiger partial charge in [0.05, 0.1) is 16.4 Å². The molecule has 2 rings (SSSR count). The van der Waals surface area contributed by atoms with Crippen LogP contribution in [0, 0.1) is 24.0 Å². The molecule has 0 aliphatic heterocycles. The highest BCUT2D eigenvalue weighted by Gasteiger charge is 2.15. The van der Waals surface area contributed by atoms with E-state index in [1.54, 1.807) is 12.1 Å². The van der Waals surface area contributed by atoms with Crippen LogP contribution in [0.4, 0.5) is 11.4 Å². The van der Waals surface area contributed by atoms with Crippen LogP contribution in [-0.2, 0) is 17.0 Å². The van der Waals surface area contributed by atoms with E-state index in [1.807, 2.05) is 20.8 Å². The van der Waals surface area contributed by atoms with Gasteiger partial charge in [0, 0.05) is 28.6 Å². The van der Waals surface area contributed by atoms with Crippen molar-refractivity contribution < 1.29 is 14.2 Å². The Morgan fingerprint density at radius 2 is 2.17 bits per heavy atom. The number of aromatic nitrogens is 1. The molecule has 0 spiro atoms. The van der Waals surface area contributed by atoms with Crippen LogP contribution in [-0.4, -0.2) is 21.7 Å². The van der Waals surface area contributed by atoms with Crippen molar-refractivity contribution >= 4 is 29.0 Å². The Kier molecular flexibility index (Phi) is 5.97. The molecule has 0 atom stereocenters. The normalized spacial score (nSPS) is 10.6. The zero-order chi connectivity index (χ0) is 17.7. The summed E-state index contributed by atoms with van der Waals surface area (Å²) < 4.78 is 5.08. The smallest absolute Gasteiger partial charge is 0.274 e. The molecular weight excluding hydrogens is 330 g/mol. The third kappa shape index (κ3) is 4.35. The third-order valence-corrected chi connectivity index (χ3v) is 4.57. The molecule has 0 unspecified atom stereocenters. The number of nitro benzene ring substituents is 1. The van der Waals surface area contributed by atoms with E-state index in [9.17, 15) is 14.9 Å². The largest absolute Gasteiger partial charge is 0.361 e. The lowest BCUT2D eigenvalue weighted by Gasteiger charge is -2.07. The first-order valence-corrected chi connectivity index (χ1v) is 8.64. The molecule has 7 nitrogen and oxygen atoms in total. The van der Waals surface area contributed by atoms with Gasteiger partial charge < -0.3 is 9.84 Å². The van der Waals surface area contributed by atoms with Gasteiger partial charge in [0.25, 0.3) is 5.69 Å². The maximum atomic E-state index is 12.0.